The fraction of sp³-hybridized carbons (Fsp3) is 1.00. The zero-order chi connectivity index (χ0) is 17.4. The average molecular weight is 339 g/mol. The molecular weight excluding hydrogens is 296 g/mol. The van der Waals surface area contributed by atoms with Gasteiger partial charge in [0.2, 0.25) is 0 Å². The molecule has 2 atom stereocenters. The highest BCUT2D eigenvalue weighted by Gasteiger charge is 2.26. The second-order valence-electron chi connectivity index (χ2n) is 8.54. The molecule has 0 aromatic heterocycles. The number of nitrogens with zero attached hydrogens (tertiary/aromatic N) is 2. The molecule has 0 aliphatic carbocycles. The van der Waals surface area contributed by atoms with E-state index >= 15 is 0 Å². The Morgan fingerprint density at radius 3 is 1.67 bits per heavy atom. The van der Waals surface area contributed by atoms with Gasteiger partial charge in [0.15, 0.2) is 0 Å². The van der Waals surface area contributed by atoms with Crippen molar-refractivity contribution < 1.29 is 4.74 Å². The lowest BCUT2D eigenvalue weighted by atomic mass is 10.0. The summed E-state index contributed by atoms with van der Waals surface area (Å²) in [6.45, 7) is 16.9. The highest BCUT2D eigenvalue weighted by Crippen LogP contribution is 2.22. The Morgan fingerprint density at radius 1 is 0.792 bits per heavy atom. The maximum Gasteiger partial charge on any atom is 0.0603 e. The standard InChI is InChI=1S/C21H42N2O/c1-5-7-19(4)17-23-14-10-21(11-15-23)24-20-8-12-22(13-9-20)16-18(3)6-2/h18-21H,5-17H2,1-4H3. The van der Waals surface area contributed by atoms with E-state index in [1.54, 1.807) is 0 Å². The SMILES string of the molecule is CCCC(C)CN1CCC(OC2CCN(CC(C)CC)CC2)CC1. The first-order valence-corrected chi connectivity index (χ1v) is 10.7. The quantitative estimate of drug-likeness (QED) is 0.619. The summed E-state index contributed by atoms with van der Waals surface area (Å²) in [7, 11) is 0. The molecule has 0 spiro atoms. The molecular formula is C21H42N2O. The van der Waals surface area contributed by atoms with Gasteiger partial charge in [0.05, 0.1) is 12.2 Å². The Labute approximate surface area is 151 Å². The van der Waals surface area contributed by atoms with Gasteiger partial charge in [-0.15, -0.1) is 0 Å². The van der Waals surface area contributed by atoms with Gasteiger partial charge < -0.3 is 14.5 Å². The molecule has 3 nitrogen and oxygen atoms in total. The van der Waals surface area contributed by atoms with Gasteiger partial charge in [-0.3, -0.25) is 0 Å². The van der Waals surface area contributed by atoms with Crippen LogP contribution >= 0.6 is 0 Å². The Hall–Kier alpha value is -0.120. The van der Waals surface area contributed by atoms with Gasteiger partial charge in [-0.2, -0.15) is 0 Å². The van der Waals surface area contributed by atoms with Crippen LogP contribution in [-0.2, 0) is 4.74 Å². The van der Waals surface area contributed by atoms with Gasteiger partial charge in [-0.05, 0) is 43.9 Å². The molecule has 2 heterocycles. The van der Waals surface area contributed by atoms with Crippen LogP contribution < -0.4 is 0 Å². The molecule has 0 saturated carbocycles. The number of hydrogen-bond acceptors (Lipinski definition) is 3. The third kappa shape index (κ3) is 7.01. The lowest BCUT2D eigenvalue weighted by molar-refractivity contribution is -0.0667. The largest absolute Gasteiger partial charge is 0.375 e. The van der Waals surface area contributed by atoms with E-state index in [0.29, 0.717) is 12.2 Å². The Morgan fingerprint density at radius 2 is 1.25 bits per heavy atom. The van der Waals surface area contributed by atoms with Crippen LogP contribution in [0, 0.1) is 11.8 Å². The van der Waals surface area contributed by atoms with Crippen LogP contribution in [0.15, 0.2) is 0 Å². The summed E-state index contributed by atoms with van der Waals surface area (Å²) in [4.78, 5) is 5.31. The highest BCUT2D eigenvalue weighted by molar-refractivity contribution is 4.78. The number of likely N-dealkylation sites (tertiary alicyclic amines) is 2. The number of hydrogen-bond donors (Lipinski definition) is 0. The maximum atomic E-state index is 6.46. The fourth-order valence-corrected chi connectivity index (χ4v) is 4.32. The summed E-state index contributed by atoms with van der Waals surface area (Å²) in [5, 5.41) is 0. The molecule has 142 valence electrons. The van der Waals surface area contributed by atoms with Crippen molar-refractivity contribution in [2.45, 2.75) is 84.8 Å². The smallest absolute Gasteiger partial charge is 0.0603 e. The molecule has 2 unspecified atom stereocenters. The van der Waals surface area contributed by atoms with Crippen molar-refractivity contribution in [2.24, 2.45) is 11.8 Å². The van der Waals surface area contributed by atoms with Gasteiger partial charge in [-0.1, -0.05) is 40.5 Å². The first kappa shape index (κ1) is 20.2. The van der Waals surface area contributed by atoms with Crippen molar-refractivity contribution in [3.05, 3.63) is 0 Å². The van der Waals surface area contributed by atoms with E-state index in [2.05, 4.69) is 37.5 Å². The monoisotopic (exact) mass is 338 g/mol. The summed E-state index contributed by atoms with van der Waals surface area (Å²) in [5.41, 5.74) is 0. The molecule has 0 radical (unpaired) electrons. The highest BCUT2D eigenvalue weighted by atomic mass is 16.5. The summed E-state index contributed by atoms with van der Waals surface area (Å²) >= 11 is 0. The van der Waals surface area contributed by atoms with Crippen molar-refractivity contribution in [3.8, 4) is 0 Å². The lowest BCUT2D eigenvalue weighted by Crippen LogP contribution is -2.43. The second-order valence-corrected chi connectivity index (χ2v) is 8.54. The molecule has 0 bridgehead atoms. The number of piperidine rings is 2. The number of rotatable bonds is 9. The summed E-state index contributed by atoms with van der Waals surface area (Å²) in [6.07, 6.45) is 9.99. The molecule has 0 N–H and O–H groups in total. The maximum absolute atomic E-state index is 6.46. The first-order chi connectivity index (χ1) is 11.6. The predicted octanol–water partition coefficient (Wildman–Crippen LogP) is 4.41. The molecule has 2 fully saturated rings. The van der Waals surface area contributed by atoms with Crippen LogP contribution in [0.2, 0.25) is 0 Å². The summed E-state index contributed by atoms with van der Waals surface area (Å²) < 4.78 is 6.46. The van der Waals surface area contributed by atoms with Gasteiger partial charge in [-0.25, -0.2) is 0 Å². The second kappa shape index (κ2) is 10.8. The fourth-order valence-electron chi connectivity index (χ4n) is 4.32. The van der Waals surface area contributed by atoms with E-state index in [0.717, 1.165) is 11.8 Å². The first-order valence-electron chi connectivity index (χ1n) is 10.7. The van der Waals surface area contributed by atoms with Gasteiger partial charge in [0.1, 0.15) is 0 Å². The minimum Gasteiger partial charge on any atom is -0.375 e. The van der Waals surface area contributed by atoms with Gasteiger partial charge in [0.25, 0.3) is 0 Å². The predicted molar refractivity (Wildman–Crippen MR) is 104 cm³/mol. The summed E-state index contributed by atoms with van der Waals surface area (Å²) in [5.74, 6) is 1.68. The topological polar surface area (TPSA) is 15.7 Å². The minimum absolute atomic E-state index is 0.522. The van der Waals surface area contributed by atoms with E-state index in [9.17, 15) is 0 Å². The van der Waals surface area contributed by atoms with Crippen molar-refractivity contribution in [2.75, 3.05) is 39.3 Å². The minimum atomic E-state index is 0.522. The average Bonchev–Trinajstić information content (AvgIpc) is 2.58. The van der Waals surface area contributed by atoms with Gasteiger partial charge >= 0.3 is 0 Å². The van der Waals surface area contributed by atoms with Crippen molar-refractivity contribution in [3.63, 3.8) is 0 Å². The molecule has 0 amide bonds. The van der Waals surface area contributed by atoms with Crippen LogP contribution in [0.5, 0.6) is 0 Å². The van der Waals surface area contributed by atoms with E-state index in [-0.39, 0.29) is 0 Å². The van der Waals surface area contributed by atoms with Crippen LogP contribution in [0.25, 0.3) is 0 Å². The Balaban J connectivity index is 1.59. The zero-order valence-corrected chi connectivity index (χ0v) is 16.8. The van der Waals surface area contributed by atoms with Crippen LogP contribution in [-0.4, -0.2) is 61.3 Å². The van der Waals surface area contributed by atoms with E-state index in [1.165, 1.54) is 84.2 Å². The van der Waals surface area contributed by atoms with E-state index in [1.807, 2.05) is 0 Å². The molecule has 24 heavy (non-hydrogen) atoms. The molecule has 0 aromatic rings. The number of ether oxygens (including phenoxy) is 1. The third-order valence-corrected chi connectivity index (χ3v) is 6.07. The molecule has 2 rings (SSSR count). The van der Waals surface area contributed by atoms with Crippen molar-refractivity contribution >= 4 is 0 Å². The molecule has 2 aliphatic rings. The Bertz CT molecular complexity index is 320. The molecule has 3 heteroatoms. The normalized spacial score (nSPS) is 25.0. The molecule has 0 aromatic carbocycles. The zero-order valence-electron chi connectivity index (χ0n) is 16.8. The van der Waals surface area contributed by atoms with Gasteiger partial charge in [0, 0.05) is 39.3 Å². The van der Waals surface area contributed by atoms with Crippen molar-refractivity contribution in [1.29, 1.82) is 0 Å². The Kier molecular flexibility index (Phi) is 9.07. The molecule has 2 aliphatic heterocycles. The van der Waals surface area contributed by atoms with E-state index < -0.39 is 0 Å². The van der Waals surface area contributed by atoms with Crippen molar-refractivity contribution in [1.82, 2.24) is 9.80 Å². The van der Waals surface area contributed by atoms with E-state index in [4.69, 9.17) is 4.74 Å². The third-order valence-electron chi connectivity index (χ3n) is 6.07. The lowest BCUT2D eigenvalue weighted by Gasteiger charge is -2.38. The molecule has 2 saturated heterocycles. The summed E-state index contributed by atoms with van der Waals surface area (Å²) in [6, 6.07) is 0. The van der Waals surface area contributed by atoms with Crippen LogP contribution in [0.3, 0.4) is 0 Å². The van der Waals surface area contributed by atoms with Crippen LogP contribution in [0.4, 0.5) is 0 Å². The van der Waals surface area contributed by atoms with Crippen LogP contribution in [0.1, 0.15) is 72.6 Å².